The lowest BCUT2D eigenvalue weighted by molar-refractivity contribution is 0.367. The molecule has 0 saturated carbocycles. The minimum Gasteiger partial charge on any atom is -0.212 e. The van der Waals surface area contributed by atoms with Crippen LogP contribution < -0.4 is 0 Å². The predicted molar refractivity (Wildman–Crippen MR) is 77.3 cm³/mol. The number of rotatable bonds is 3. The molecule has 6 heteroatoms. The van der Waals surface area contributed by atoms with E-state index >= 15 is 0 Å². The van der Waals surface area contributed by atoms with Crippen molar-refractivity contribution < 1.29 is 8.42 Å². The lowest BCUT2D eigenvalue weighted by Gasteiger charge is -2.31. The second kappa shape index (κ2) is 5.95. The van der Waals surface area contributed by atoms with Crippen molar-refractivity contribution in [3.63, 3.8) is 0 Å². The van der Waals surface area contributed by atoms with Gasteiger partial charge in [-0.25, -0.2) is 8.42 Å². The molecular weight excluding hydrogens is 280 g/mol. The highest BCUT2D eigenvalue weighted by Gasteiger charge is 2.29. The quantitative estimate of drug-likeness (QED) is 0.853. The fourth-order valence-corrected chi connectivity index (χ4v) is 5.09. The third-order valence-corrected chi connectivity index (χ3v) is 6.24. The summed E-state index contributed by atoms with van der Waals surface area (Å²) in [4.78, 5) is 0. The van der Waals surface area contributed by atoms with Gasteiger partial charge in [0, 0.05) is 24.1 Å². The Morgan fingerprint density at radius 2 is 2.11 bits per heavy atom. The number of nitriles is 1. The third-order valence-electron chi connectivity index (χ3n) is 3.10. The average Bonchev–Trinajstić information content (AvgIpc) is 2.39. The number of nitrogens with zero attached hydrogens (tertiary/aromatic N) is 2. The highest BCUT2D eigenvalue weighted by molar-refractivity contribution is 7.99. The van der Waals surface area contributed by atoms with E-state index in [-0.39, 0.29) is 11.8 Å². The molecule has 0 spiro atoms. The Hall–Kier alpha value is -1.03. The summed E-state index contributed by atoms with van der Waals surface area (Å²) in [5.41, 5.74) is 1.27. The van der Waals surface area contributed by atoms with Crippen LogP contribution in [-0.4, -0.2) is 36.8 Å². The van der Waals surface area contributed by atoms with Crippen LogP contribution in [0.5, 0.6) is 0 Å². The van der Waals surface area contributed by atoms with E-state index in [2.05, 4.69) is 0 Å². The van der Waals surface area contributed by atoms with Gasteiger partial charge in [-0.15, -0.1) is 0 Å². The first-order valence-electron chi connectivity index (χ1n) is 6.09. The second-order valence-electron chi connectivity index (χ2n) is 4.60. The van der Waals surface area contributed by atoms with Gasteiger partial charge in [-0.3, -0.25) is 0 Å². The molecule has 1 fully saturated rings. The molecule has 19 heavy (non-hydrogen) atoms. The molecule has 0 N–H and O–H groups in total. The second-order valence-corrected chi connectivity index (χ2v) is 7.67. The Labute approximate surface area is 118 Å². The van der Waals surface area contributed by atoms with Crippen LogP contribution in [0.1, 0.15) is 18.1 Å². The van der Waals surface area contributed by atoms with Gasteiger partial charge in [0.2, 0.25) is 10.0 Å². The maximum atomic E-state index is 12.4. The van der Waals surface area contributed by atoms with Gasteiger partial charge in [-0.05, 0) is 24.6 Å². The van der Waals surface area contributed by atoms with Crippen LogP contribution in [0, 0.1) is 11.3 Å². The van der Waals surface area contributed by atoms with Gasteiger partial charge in [0.25, 0.3) is 0 Å². The summed E-state index contributed by atoms with van der Waals surface area (Å²) in [5.74, 6) is 1.72. The van der Waals surface area contributed by atoms with E-state index < -0.39 is 10.0 Å². The summed E-state index contributed by atoms with van der Waals surface area (Å²) in [6, 6.07) is 8.80. The molecule has 1 unspecified atom stereocenters. The van der Waals surface area contributed by atoms with Crippen molar-refractivity contribution in [3.05, 3.63) is 35.4 Å². The van der Waals surface area contributed by atoms with Crippen LogP contribution in [-0.2, 0) is 15.8 Å². The molecule has 0 aromatic heterocycles. The van der Waals surface area contributed by atoms with Crippen LogP contribution in [0.15, 0.2) is 24.3 Å². The normalized spacial score (nSPS) is 20.9. The summed E-state index contributed by atoms with van der Waals surface area (Å²) < 4.78 is 26.3. The van der Waals surface area contributed by atoms with Crippen molar-refractivity contribution in [2.75, 3.05) is 18.1 Å². The van der Waals surface area contributed by atoms with Crippen molar-refractivity contribution >= 4 is 21.8 Å². The average molecular weight is 296 g/mol. The summed E-state index contributed by atoms with van der Waals surface area (Å²) in [5, 5.41) is 8.72. The summed E-state index contributed by atoms with van der Waals surface area (Å²) >= 11 is 1.79. The van der Waals surface area contributed by atoms with Gasteiger partial charge in [0.05, 0.1) is 17.4 Å². The maximum Gasteiger partial charge on any atom is 0.218 e. The molecule has 4 nitrogen and oxygen atoms in total. The number of thioether (sulfide) groups is 1. The van der Waals surface area contributed by atoms with E-state index in [9.17, 15) is 8.42 Å². The third kappa shape index (κ3) is 3.50. The molecule has 2 rings (SSSR count). The molecule has 0 bridgehead atoms. The first kappa shape index (κ1) is 14.4. The minimum atomic E-state index is -3.27. The van der Waals surface area contributed by atoms with E-state index in [0.29, 0.717) is 12.1 Å². The van der Waals surface area contributed by atoms with Gasteiger partial charge in [-0.1, -0.05) is 12.1 Å². The van der Waals surface area contributed by atoms with Gasteiger partial charge < -0.3 is 0 Å². The van der Waals surface area contributed by atoms with E-state index in [4.69, 9.17) is 5.26 Å². The zero-order valence-corrected chi connectivity index (χ0v) is 12.4. The first-order chi connectivity index (χ1) is 9.03. The Morgan fingerprint density at radius 1 is 1.42 bits per heavy atom. The van der Waals surface area contributed by atoms with Gasteiger partial charge in [-0.2, -0.15) is 21.3 Å². The number of sulfonamides is 1. The molecule has 1 atom stereocenters. The molecule has 1 aliphatic heterocycles. The highest BCUT2D eigenvalue weighted by atomic mass is 32.2. The molecule has 1 heterocycles. The Kier molecular flexibility index (Phi) is 4.50. The zero-order valence-electron chi connectivity index (χ0n) is 10.7. The van der Waals surface area contributed by atoms with Gasteiger partial charge in [0.15, 0.2) is 0 Å². The smallest absolute Gasteiger partial charge is 0.212 e. The molecule has 1 aromatic carbocycles. The lowest BCUT2D eigenvalue weighted by Crippen LogP contribution is -2.44. The molecule has 1 saturated heterocycles. The number of hydrogen-bond acceptors (Lipinski definition) is 4. The topological polar surface area (TPSA) is 61.2 Å². The SMILES string of the molecule is CC1CSCCN1S(=O)(=O)Cc1ccc(C#N)cc1. The molecule has 0 amide bonds. The Bertz CT molecular complexity index is 576. The summed E-state index contributed by atoms with van der Waals surface area (Å²) in [7, 11) is -3.27. The monoisotopic (exact) mass is 296 g/mol. The molecule has 1 aliphatic rings. The Morgan fingerprint density at radius 3 is 2.68 bits per heavy atom. The minimum absolute atomic E-state index is 0.00765. The first-order valence-corrected chi connectivity index (χ1v) is 8.85. The van der Waals surface area contributed by atoms with Crippen LogP contribution in [0.3, 0.4) is 0 Å². The zero-order chi connectivity index (χ0) is 13.9. The predicted octanol–water partition coefficient (Wildman–Crippen LogP) is 1.83. The van der Waals surface area contributed by atoms with Gasteiger partial charge in [0.1, 0.15) is 0 Å². The molecule has 102 valence electrons. The fourth-order valence-electron chi connectivity index (χ4n) is 2.09. The van der Waals surface area contributed by atoms with Crippen molar-refractivity contribution in [2.45, 2.75) is 18.7 Å². The Balaban J connectivity index is 2.14. The summed E-state index contributed by atoms with van der Waals surface area (Å²) in [6.45, 7) is 2.53. The van der Waals surface area contributed by atoms with E-state index in [1.165, 1.54) is 0 Å². The van der Waals surface area contributed by atoms with Crippen LogP contribution in [0.4, 0.5) is 0 Å². The fraction of sp³-hybridized carbons (Fsp3) is 0.462. The molecule has 0 radical (unpaired) electrons. The van der Waals surface area contributed by atoms with Crippen molar-refractivity contribution in [2.24, 2.45) is 0 Å². The van der Waals surface area contributed by atoms with E-state index in [1.54, 1.807) is 40.3 Å². The molecular formula is C13H16N2O2S2. The van der Waals surface area contributed by atoms with Crippen molar-refractivity contribution in [1.82, 2.24) is 4.31 Å². The van der Waals surface area contributed by atoms with E-state index in [1.807, 2.05) is 13.0 Å². The lowest BCUT2D eigenvalue weighted by atomic mass is 10.2. The largest absolute Gasteiger partial charge is 0.218 e. The summed E-state index contributed by atoms with van der Waals surface area (Å²) in [6.07, 6.45) is 0. The van der Waals surface area contributed by atoms with Crippen LogP contribution >= 0.6 is 11.8 Å². The van der Waals surface area contributed by atoms with Crippen LogP contribution in [0.2, 0.25) is 0 Å². The molecule has 0 aliphatic carbocycles. The van der Waals surface area contributed by atoms with Crippen molar-refractivity contribution in [3.8, 4) is 6.07 Å². The maximum absolute atomic E-state index is 12.4. The molecule has 1 aromatic rings. The van der Waals surface area contributed by atoms with E-state index in [0.717, 1.165) is 17.1 Å². The standard InChI is InChI=1S/C13H16N2O2S2/c1-11-9-18-7-6-15(11)19(16,17)10-13-4-2-12(8-14)3-5-13/h2-5,11H,6-7,9-10H2,1H3. The van der Waals surface area contributed by atoms with Crippen molar-refractivity contribution in [1.29, 1.82) is 5.26 Å². The number of benzene rings is 1. The highest BCUT2D eigenvalue weighted by Crippen LogP contribution is 2.21. The van der Waals surface area contributed by atoms with Crippen LogP contribution in [0.25, 0.3) is 0 Å². The number of hydrogen-bond donors (Lipinski definition) is 0. The van der Waals surface area contributed by atoms with Gasteiger partial charge >= 0.3 is 0 Å².